The molecule has 2 rings (SSSR count). The number of carbonyl (C=O) groups is 1. The van der Waals surface area contributed by atoms with E-state index in [0.29, 0.717) is 0 Å². The Morgan fingerprint density at radius 2 is 2.58 bits per heavy atom. The van der Waals surface area contributed by atoms with Crippen molar-refractivity contribution in [2.45, 2.75) is 19.1 Å². The molecule has 0 radical (unpaired) electrons. The average molecular weight is 184 g/mol. The van der Waals surface area contributed by atoms with Crippen LogP contribution in [-0.2, 0) is 4.74 Å². The Kier molecular flexibility index (Phi) is 1.73. The lowest BCUT2D eigenvalue weighted by Gasteiger charge is -2.07. The van der Waals surface area contributed by atoms with Crippen LogP contribution >= 0.6 is 11.3 Å². The van der Waals surface area contributed by atoms with Crippen molar-refractivity contribution in [3.63, 3.8) is 0 Å². The number of rotatable bonds is 1. The zero-order chi connectivity index (χ0) is 8.55. The first-order chi connectivity index (χ1) is 5.77. The Morgan fingerprint density at radius 3 is 3.08 bits per heavy atom. The molecule has 1 N–H and O–H groups in total. The van der Waals surface area contributed by atoms with E-state index in [0.717, 1.165) is 5.01 Å². The van der Waals surface area contributed by atoms with Crippen molar-refractivity contribution in [2.75, 3.05) is 0 Å². The number of thiazole rings is 1. The molecule has 1 fully saturated rings. The highest BCUT2D eigenvalue weighted by Crippen LogP contribution is 2.27. The minimum atomic E-state index is -0.359. The monoisotopic (exact) mass is 184 g/mol. The van der Waals surface area contributed by atoms with Gasteiger partial charge in [0.25, 0.3) is 0 Å². The van der Waals surface area contributed by atoms with Gasteiger partial charge >= 0.3 is 6.09 Å². The number of carbonyl (C=O) groups excluding carboxylic acids is 1. The van der Waals surface area contributed by atoms with Crippen LogP contribution in [0.25, 0.3) is 0 Å². The third-order valence-corrected chi connectivity index (χ3v) is 2.57. The van der Waals surface area contributed by atoms with Crippen molar-refractivity contribution >= 4 is 17.4 Å². The summed E-state index contributed by atoms with van der Waals surface area (Å²) in [6, 6.07) is 0.0173. The number of cyclic esters (lactones) is 1. The van der Waals surface area contributed by atoms with Crippen molar-refractivity contribution in [1.82, 2.24) is 10.3 Å². The van der Waals surface area contributed by atoms with Crippen LogP contribution in [0.3, 0.4) is 0 Å². The second kappa shape index (κ2) is 2.75. The quantitative estimate of drug-likeness (QED) is 0.716. The Bertz CT molecular complexity index is 286. The van der Waals surface area contributed by atoms with Crippen LogP contribution in [0.4, 0.5) is 4.79 Å². The van der Waals surface area contributed by atoms with E-state index in [1.54, 1.807) is 6.20 Å². The fourth-order valence-electron chi connectivity index (χ4n) is 1.15. The Labute approximate surface area is 73.6 Å². The summed E-state index contributed by atoms with van der Waals surface area (Å²) in [7, 11) is 0. The second-order valence-electron chi connectivity index (χ2n) is 2.63. The van der Waals surface area contributed by atoms with Crippen LogP contribution in [-0.4, -0.2) is 17.1 Å². The molecule has 1 aromatic heterocycles. The molecule has 1 saturated heterocycles. The molecule has 64 valence electrons. The summed E-state index contributed by atoms with van der Waals surface area (Å²) in [5.41, 5.74) is 0. The maximum absolute atomic E-state index is 10.8. The molecule has 2 heterocycles. The molecule has 12 heavy (non-hydrogen) atoms. The van der Waals surface area contributed by atoms with E-state index in [1.807, 2.05) is 12.3 Å². The van der Waals surface area contributed by atoms with Crippen molar-refractivity contribution < 1.29 is 9.53 Å². The van der Waals surface area contributed by atoms with Gasteiger partial charge in [0.05, 0.1) is 6.04 Å². The van der Waals surface area contributed by atoms with Crippen LogP contribution in [0.15, 0.2) is 11.6 Å². The Morgan fingerprint density at radius 1 is 1.75 bits per heavy atom. The lowest BCUT2D eigenvalue weighted by molar-refractivity contribution is 0.133. The van der Waals surface area contributed by atoms with Crippen LogP contribution in [0.1, 0.15) is 18.0 Å². The summed E-state index contributed by atoms with van der Waals surface area (Å²) >= 11 is 1.50. The molecule has 1 amide bonds. The van der Waals surface area contributed by atoms with Gasteiger partial charge in [-0.2, -0.15) is 0 Å². The van der Waals surface area contributed by atoms with Crippen LogP contribution in [0.5, 0.6) is 0 Å². The zero-order valence-electron chi connectivity index (χ0n) is 6.48. The normalized spacial score (nSPS) is 28.2. The van der Waals surface area contributed by atoms with Crippen molar-refractivity contribution in [1.29, 1.82) is 0 Å². The number of nitrogens with one attached hydrogen (secondary N) is 1. The highest BCUT2D eigenvalue weighted by Gasteiger charge is 2.33. The van der Waals surface area contributed by atoms with E-state index >= 15 is 0 Å². The Hall–Kier alpha value is -1.10. The molecule has 4 nitrogen and oxygen atoms in total. The molecule has 1 aromatic rings. The summed E-state index contributed by atoms with van der Waals surface area (Å²) < 4.78 is 5.02. The van der Waals surface area contributed by atoms with Gasteiger partial charge in [-0.25, -0.2) is 9.78 Å². The molecule has 2 atom stereocenters. The van der Waals surface area contributed by atoms with Crippen molar-refractivity contribution in [3.05, 3.63) is 16.6 Å². The first-order valence-corrected chi connectivity index (χ1v) is 4.52. The summed E-state index contributed by atoms with van der Waals surface area (Å²) in [5.74, 6) is 0. The average Bonchev–Trinajstić information content (AvgIpc) is 2.58. The SMILES string of the molecule is CC1NC(=O)OC1c1nccs1. The van der Waals surface area contributed by atoms with E-state index < -0.39 is 0 Å². The standard InChI is InChI=1S/C7H8N2O2S/c1-4-5(11-7(10)9-4)6-8-2-3-12-6/h2-5H,1H3,(H,9,10). The Balaban J connectivity index is 2.20. The van der Waals surface area contributed by atoms with Gasteiger partial charge in [-0.1, -0.05) is 0 Å². The second-order valence-corrected chi connectivity index (χ2v) is 3.56. The molecule has 0 aliphatic carbocycles. The predicted octanol–water partition coefficient (Wildman–Crippen LogP) is 1.31. The highest BCUT2D eigenvalue weighted by atomic mass is 32.1. The zero-order valence-corrected chi connectivity index (χ0v) is 7.30. The van der Waals surface area contributed by atoms with Gasteiger partial charge < -0.3 is 10.1 Å². The first kappa shape index (κ1) is 7.54. The molecule has 0 aromatic carbocycles. The summed E-state index contributed by atoms with van der Waals surface area (Å²) in [5, 5.41) is 5.38. The fraction of sp³-hybridized carbons (Fsp3) is 0.429. The number of amides is 1. The molecule has 1 aliphatic heterocycles. The maximum Gasteiger partial charge on any atom is 0.408 e. The number of nitrogens with zero attached hydrogens (tertiary/aromatic N) is 1. The van der Waals surface area contributed by atoms with Crippen LogP contribution < -0.4 is 5.32 Å². The van der Waals surface area contributed by atoms with Gasteiger partial charge in [-0.05, 0) is 6.92 Å². The van der Waals surface area contributed by atoms with E-state index in [4.69, 9.17) is 4.74 Å². The van der Waals surface area contributed by atoms with Crippen molar-refractivity contribution in [3.8, 4) is 0 Å². The molecule has 1 aliphatic rings. The third-order valence-electron chi connectivity index (χ3n) is 1.73. The maximum atomic E-state index is 10.8. The lowest BCUT2D eigenvalue weighted by Crippen LogP contribution is -2.23. The summed E-state index contributed by atoms with van der Waals surface area (Å²) in [6.07, 6.45) is 1.14. The number of aromatic nitrogens is 1. The van der Waals surface area contributed by atoms with Crippen LogP contribution in [0, 0.1) is 0 Å². The van der Waals surface area contributed by atoms with Gasteiger partial charge in [-0.15, -0.1) is 11.3 Å². The molecular weight excluding hydrogens is 176 g/mol. The predicted molar refractivity (Wildman–Crippen MR) is 43.9 cm³/mol. The lowest BCUT2D eigenvalue weighted by atomic mass is 10.2. The van der Waals surface area contributed by atoms with E-state index in [2.05, 4.69) is 10.3 Å². The minimum absolute atomic E-state index is 0.0173. The van der Waals surface area contributed by atoms with Crippen LogP contribution in [0.2, 0.25) is 0 Å². The molecule has 2 unspecified atom stereocenters. The van der Waals surface area contributed by atoms with E-state index in [9.17, 15) is 4.79 Å². The number of alkyl carbamates (subject to hydrolysis) is 1. The smallest absolute Gasteiger partial charge is 0.408 e. The van der Waals surface area contributed by atoms with Gasteiger partial charge in [-0.3, -0.25) is 0 Å². The van der Waals surface area contributed by atoms with Gasteiger partial charge in [0.15, 0.2) is 6.10 Å². The number of hydrogen-bond donors (Lipinski definition) is 1. The van der Waals surface area contributed by atoms with Gasteiger partial charge in [0, 0.05) is 11.6 Å². The van der Waals surface area contributed by atoms with Crippen molar-refractivity contribution in [2.24, 2.45) is 0 Å². The number of ether oxygens (including phenoxy) is 1. The third kappa shape index (κ3) is 1.16. The fourth-order valence-corrected chi connectivity index (χ4v) is 1.92. The molecular formula is C7H8N2O2S. The molecule has 5 heteroatoms. The number of hydrogen-bond acceptors (Lipinski definition) is 4. The first-order valence-electron chi connectivity index (χ1n) is 3.64. The molecule has 0 bridgehead atoms. The molecule has 0 saturated carbocycles. The highest BCUT2D eigenvalue weighted by molar-refractivity contribution is 7.09. The molecule has 0 spiro atoms. The topological polar surface area (TPSA) is 51.2 Å². The summed E-state index contributed by atoms with van der Waals surface area (Å²) in [6.45, 7) is 1.90. The minimum Gasteiger partial charge on any atom is -0.437 e. The van der Waals surface area contributed by atoms with E-state index in [-0.39, 0.29) is 18.2 Å². The van der Waals surface area contributed by atoms with Gasteiger partial charge in [0.1, 0.15) is 5.01 Å². The largest absolute Gasteiger partial charge is 0.437 e. The van der Waals surface area contributed by atoms with Gasteiger partial charge in [0.2, 0.25) is 0 Å². The van der Waals surface area contributed by atoms with E-state index in [1.165, 1.54) is 11.3 Å². The summed E-state index contributed by atoms with van der Waals surface area (Å²) in [4.78, 5) is 14.9.